The van der Waals surface area contributed by atoms with Gasteiger partial charge in [-0.15, -0.1) is 0 Å². The third-order valence-corrected chi connectivity index (χ3v) is 2.62. The van der Waals surface area contributed by atoms with Crippen molar-refractivity contribution in [3.63, 3.8) is 0 Å². The predicted molar refractivity (Wildman–Crippen MR) is 75.6 cm³/mol. The van der Waals surface area contributed by atoms with Gasteiger partial charge < -0.3 is 16.0 Å². The van der Waals surface area contributed by atoms with Gasteiger partial charge in [0.1, 0.15) is 0 Å². The molecule has 1 aromatic carbocycles. The maximum atomic E-state index is 11.7. The minimum atomic E-state index is 0.0749. The van der Waals surface area contributed by atoms with Crippen molar-refractivity contribution in [3.05, 3.63) is 29.8 Å². The molecule has 1 amide bonds. The van der Waals surface area contributed by atoms with Gasteiger partial charge in [0.25, 0.3) is 0 Å². The molecular weight excluding hydrogens is 226 g/mol. The summed E-state index contributed by atoms with van der Waals surface area (Å²) in [4.78, 5) is 11.7. The molecule has 4 heteroatoms. The van der Waals surface area contributed by atoms with Crippen LogP contribution >= 0.6 is 0 Å². The number of anilines is 1. The molecule has 0 aliphatic rings. The summed E-state index contributed by atoms with van der Waals surface area (Å²) in [6.45, 7) is 4.72. The average molecular weight is 249 g/mol. The summed E-state index contributed by atoms with van der Waals surface area (Å²) in [6.07, 6.45) is 1.41. The Hall–Kier alpha value is -1.39. The lowest BCUT2D eigenvalue weighted by Crippen LogP contribution is -2.16. The molecule has 3 N–H and O–H groups in total. The van der Waals surface area contributed by atoms with Crippen molar-refractivity contribution in [2.24, 2.45) is 0 Å². The first kappa shape index (κ1) is 14.7. The molecule has 0 radical (unpaired) electrons. The van der Waals surface area contributed by atoms with Gasteiger partial charge in [0, 0.05) is 18.7 Å². The second-order valence-corrected chi connectivity index (χ2v) is 4.24. The Labute approximate surface area is 109 Å². The largest absolute Gasteiger partial charge is 0.326 e. The van der Waals surface area contributed by atoms with Gasteiger partial charge in [0.15, 0.2) is 0 Å². The highest BCUT2D eigenvalue weighted by Crippen LogP contribution is 2.11. The zero-order valence-electron chi connectivity index (χ0n) is 11.3. The van der Waals surface area contributed by atoms with E-state index in [4.69, 9.17) is 0 Å². The maximum Gasteiger partial charge on any atom is 0.224 e. The molecule has 0 aliphatic carbocycles. The summed E-state index contributed by atoms with van der Waals surface area (Å²) >= 11 is 0. The number of hydrogen-bond acceptors (Lipinski definition) is 3. The van der Waals surface area contributed by atoms with Crippen molar-refractivity contribution in [2.75, 3.05) is 25.5 Å². The lowest BCUT2D eigenvalue weighted by atomic mass is 10.2. The van der Waals surface area contributed by atoms with E-state index in [0.717, 1.165) is 31.7 Å². The van der Waals surface area contributed by atoms with E-state index in [1.807, 2.05) is 25.2 Å². The summed E-state index contributed by atoms with van der Waals surface area (Å²) in [5.41, 5.74) is 2.06. The minimum absolute atomic E-state index is 0.0749. The first-order valence-electron chi connectivity index (χ1n) is 6.50. The van der Waals surface area contributed by atoms with Crippen molar-refractivity contribution in [1.29, 1.82) is 0 Å². The van der Waals surface area contributed by atoms with Gasteiger partial charge in [-0.25, -0.2) is 0 Å². The molecule has 0 fully saturated rings. The van der Waals surface area contributed by atoms with Crippen LogP contribution in [-0.4, -0.2) is 26.0 Å². The Morgan fingerprint density at radius 1 is 1.33 bits per heavy atom. The Morgan fingerprint density at radius 3 is 2.89 bits per heavy atom. The maximum absolute atomic E-state index is 11.7. The SMILES string of the molecule is CCNCc1cccc(NC(=O)CCCNC)c1. The monoisotopic (exact) mass is 249 g/mol. The van der Waals surface area contributed by atoms with Gasteiger partial charge >= 0.3 is 0 Å². The van der Waals surface area contributed by atoms with Crippen molar-refractivity contribution in [2.45, 2.75) is 26.3 Å². The zero-order chi connectivity index (χ0) is 13.2. The molecule has 1 rings (SSSR count). The average Bonchev–Trinajstić information content (AvgIpc) is 2.37. The van der Waals surface area contributed by atoms with Crippen LogP contribution in [-0.2, 0) is 11.3 Å². The van der Waals surface area contributed by atoms with Gasteiger partial charge in [0.05, 0.1) is 0 Å². The summed E-state index contributed by atoms with van der Waals surface area (Å²) in [5, 5.41) is 9.22. The minimum Gasteiger partial charge on any atom is -0.326 e. The number of carbonyl (C=O) groups is 1. The highest BCUT2D eigenvalue weighted by Gasteiger charge is 2.02. The van der Waals surface area contributed by atoms with Crippen LogP contribution in [0.2, 0.25) is 0 Å². The van der Waals surface area contributed by atoms with E-state index in [1.54, 1.807) is 0 Å². The van der Waals surface area contributed by atoms with Gasteiger partial charge in [-0.1, -0.05) is 19.1 Å². The van der Waals surface area contributed by atoms with E-state index < -0.39 is 0 Å². The number of amides is 1. The number of carbonyl (C=O) groups excluding carboxylic acids is 1. The van der Waals surface area contributed by atoms with E-state index >= 15 is 0 Å². The Bertz CT molecular complexity index is 366. The van der Waals surface area contributed by atoms with Crippen LogP contribution in [0.15, 0.2) is 24.3 Å². The number of benzene rings is 1. The van der Waals surface area contributed by atoms with Crippen molar-refractivity contribution in [1.82, 2.24) is 10.6 Å². The molecule has 4 nitrogen and oxygen atoms in total. The molecule has 0 atom stereocenters. The topological polar surface area (TPSA) is 53.2 Å². The second-order valence-electron chi connectivity index (χ2n) is 4.24. The standard InChI is InChI=1S/C14H23N3O/c1-3-16-11-12-6-4-7-13(10-12)17-14(18)8-5-9-15-2/h4,6-7,10,15-16H,3,5,8-9,11H2,1-2H3,(H,17,18). The number of hydrogen-bond donors (Lipinski definition) is 3. The Morgan fingerprint density at radius 2 is 2.17 bits per heavy atom. The fraction of sp³-hybridized carbons (Fsp3) is 0.500. The molecule has 0 aromatic heterocycles. The first-order valence-corrected chi connectivity index (χ1v) is 6.50. The molecule has 0 saturated heterocycles. The van der Waals surface area contributed by atoms with Gasteiger partial charge in [-0.2, -0.15) is 0 Å². The van der Waals surface area contributed by atoms with E-state index in [2.05, 4.69) is 28.9 Å². The Kier molecular flexibility index (Phi) is 7.06. The van der Waals surface area contributed by atoms with Crippen molar-refractivity contribution < 1.29 is 4.79 Å². The lowest BCUT2D eigenvalue weighted by molar-refractivity contribution is -0.116. The lowest BCUT2D eigenvalue weighted by Gasteiger charge is -2.08. The molecule has 0 saturated carbocycles. The van der Waals surface area contributed by atoms with Crippen LogP contribution in [0, 0.1) is 0 Å². The fourth-order valence-corrected chi connectivity index (χ4v) is 1.68. The molecule has 18 heavy (non-hydrogen) atoms. The van der Waals surface area contributed by atoms with Crippen molar-refractivity contribution in [3.8, 4) is 0 Å². The zero-order valence-corrected chi connectivity index (χ0v) is 11.3. The van der Waals surface area contributed by atoms with Crippen LogP contribution in [0.1, 0.15) is 25.3 Å². The Balaban J connectivity index is 2.43. The summed E-state index contributed by atoms with van der Waals surface area (Å²) in [5.74, 6) is 0.0749. The third kappa shape index (κ3) is 5.80. The highest BCUT2D eigenvalue weighted by atomic mass is 16.1. The van der Waals surface area contributed by atoms with Crippen LogP contribution in [0.5, 0.6) is 0 Å². The second kappa shape index (κ2) is 8.66. The molecule has 1 aromatic rings. The molecular formula is C14H23N3O. The summed E-state index contributed by atoms with van der Waals surface area (Å²) < 4.78 is 0. The van der Waals surface area contributed by atoms with Crippen molar-refractivity contribution >= 4 is 11.6 Å². The smallest absolute Gasteiger partial charge is 0.224 e. The quantitative estimate of drug-likeness (QED) is 0.615. The molecule has 0 unspecified atom stereocenters. The molecule has 0 spiro atoms. The summed E-state index contributed by atoms with van der Waals surface area (Å²) in [7, 11) is 1.89. The van der Waals surface area contributed by atoms with Crippen LogP contribution in [0.4, 0.5) is 5.69 Å². The normalized spacial score (nSPS) is 10.3. The number of nitrogens with one attached hydrogen (secondary N) is 3. The van der Waals surface area contributed by atoms with E-state index in [1.165, 1.54) is 5.56 Å². The molecule has 100 valence electrons. The third-order valence-electron chi connectivity index (χ3n) is 2.62. The van der Waals surface area contributed by atoms with E-state index in [-0.39, 0.29) is 5.91 Å². The predicted octanol–water partition coefficient (Wildman–Crippen LogP) is 1.73. The first-order chi connectivity index (χ1) is 8.76. The fourth-order valence-electron chi connectivity index (χ4n) is 1.68. The highest BCUT2D eigenvalue weighted by molar-refractivity contribution is 5.90. The van der Waals surface area contributed by atoms with Crippen LogP contribution in [0.3, 0.4) is 0 Å². The van der Waals surface area contributed by atoms with Gasteiger partial charge in [-0.05, 0) is 44.3 Å². The van der Waals surface area contributed by atoms with Crippen LogP contribution in [0.25, 0.3) is 0 Å². The van der Waals surface area contributed by atoms with Gasteiger partial charge in [0.2, 0.25) is 5.91 Å². The number of rotatable bonds is 8. The molecule has 0 heterocycles. The van der Waals surface area contributed by atoms with E-state index in [0.29, 0.717) is 6.42 Å². The molecule has 0 bridgehead atoms. The summed E-state index contributed by atoms with van der Waals surface area (Å²) in [6, 6.07) is 7.96. The van der Waals surface area contributed by atoms with Crippen LogP contribution < -0.4 is 16.0 Å². The molecule has 0 aliphatic heterocycles. The van der Waals surface area contributed by atoms with Gasteiger partial charge in [-0.3, -0.25) is 4.79 Å². The van der Waals surface area contributed by atoms with E-state index in [9.17, 15) is 4.79 Å².